The molecule has 1 aliphatic rings. The van der Waals surface area contributed by atoms with Crippen LogP contribution >= 0.6 is 23.1 Å². The number of aryl methyl sites for hydroxylation is 2. The van der Waals surface area contributed by atoms with Crippen molar-refractivity contribution in [3.63, 3.8) is 0 Å². The number of benzene rings is 1. The van der Waals surface area contributed by atoms with Crippen LogP contribution in [-0.2, 0) is 17.0 Å². The van der Waals surface area contributed by atoms with E-state index in [0.29, 0.717) is 39.0 Å². The molecule has 0 bridgehead atoms. The molecule has 0 fully saturated rings. The number of thioether (sulfide) groups is 1. The number of hydrogen-bond acceptors (Lipinski definition) is 6. The SMILES string of the molecule is CCOC(=O)c1sc2nc(SCc3ccccc3C)n(CCC3=CCCCC3)c(=O)c2c1C. The molecular formula is C26H30N2O3S2. The normalized spacial score (nSPS) is 13.8. The number of hydrogen-bond donors (Lipinski definition) is 0. The van der Waals surface area contributed by atoms with Gasteiger partial charge in [0.15, 0.2) is 5.16 Å². The third kappa shape index (κ3) is 5.25. The minimum absolute atomic E-state index is 0.0620. The Morgan fingerprint density at radius 1 is 1.24 bits per heavy atom. The van der Waals surface area contributed by atoms with Gasteiger partial charge in [-0.2, -0.15) is 0 Å². The highest BCUT2D eigenvalue weighted by Gasteiger charge is 2.22. The van der Waals surface area contributed by atoms with Crippen LogP contribution in [0.4, 0.5) is 0 Å². The van der Waals surface area contributed by atoms with E-state index in [0.717, 1.165) is 25.0 Å². The average molecular weight is 483 g/mol. The highest BCUT2D eigenvalue weighted by Crippen LogP contribution is 2.31. The number of carbonyl (C=O) groups excluding carboxylic acids is 1. The first kappa shape index (κ1) is 23.8. The second-order valence-corrected chi connectivity index (χ2v) is 10.3. The van der Waals surface area contributed by atoms with E-state index in [1.807, 2.05) is 23.6 Å². The maximum Gasteiger partial charge on any atom is 0.348 e. The smallest absolute Gasteiger partial charge is 0.348 e. The van der Waals surface area contributed by atoms with Gasteiger partial charge in [0.2, 0.25) is 0 Å². The first-order chi connectivity index (χ1) is 16.0. The zero-order valence-electron chi connectivity index (χ0n) is 19.5. The molecule has 7 heteroatoms. The van der Waals surface area contributed by atoms with Gasteiger partial charge in [-0.15, -0.1) is 11.3 Å². The van der Waals surface area contributed by atoms with Crippen LogP contribution in [0.2, 0.25) is 0 Å². The Kier molecular flexibility index (Phi) is 7.71. The van der Waals surface area contributed by atoms with Crippen LogP contribution in [0.15, 0.2) is 45.9 Å². The molecule has 5 nitrogen and oxygen atoms in total. The summed E-state index contributed by atoms with van der Waals surface area (Å²) in [5, 5.41) is 1.25. The van der Waals surface area contributed by atoms with Crippen molar-refractivity contribution in [2.24, 2.45) is 0 Å². The molecule has 4 rings (SSSR count). The van der Waals surface area contributed by atoms with Crippen LogP contribution in [0.1, 0.15) is 65.4 Å². The van der Waals surface area contributed by atoms with Crippen LogP contribution < -0.4 is 5.56 Å². The summed E-state index contributed by atoms with van der Waals surface area (Å²) in [4.78, 5) is 32.1. The molecule has 174 valence electrons. The van der Waals surface area contributed by atoms with Crippen LogP contribution in [0.3, 0.4) is 0 Å². The van der Waals surface area contributed by atoms with Crippen LogP contribution in [0, 0.1) is 13.8 Å². The molecule has 3 aromatic rings. The maximum atomic E-state index is 13.7. The van der Waals surface area contributed by atoms with Gasteiger partial charge in [-0.05, 0) is 69.6 Å². The lowest BCUT2D eigenvalue weighted by atomic mass is 9.97. The van der Waals surface area contributed by atoms with Gasteiger partial charge >= 0.3 is 5.97 Å². The molecule has 0 saturated heterocycles. The van der Waals surface area contributed by atoms with E-state index in [-0.39, 0.29) is 11.5 Å². The maximum absolute atomic E-state index is 13.7. The Bertz CT molecular complexity index is 1260. The Morgan fingerprint density at radius 2 is 2.06 bits per heavy atom. The molecular weight excluding hydrogens is 452 g/mol. The topological polar surface area (TPSA) is 61.2 Å². The lowest BCUT2D eigenvalue weighted by Crippen LogP contribution is -2.24. The molecule has 2 heterocycles. The zero-order valence-corrected chi connectivity index (χ0v) is 21.1. The number of rotatable bonds is 8. The first-order valence-corrected chi connectivity index (χ1v) is 13.4. The van der Waals surface area contributed by atoms with E-state index in [4.69, 9.17) is 9.72 Å². The Labute approximate surface area is 202 Å². The summed E-state index contributed by atoms with van der Waals surface area (Å²) in [6.07, 6.45) is 7.90. The van der Waals surface area contributed by atoms with E-state index in [1.165, 1.54) is 40.9 Å². The average Bonchev–Trinajstić information content (AvgIpc) is 3.15. The molecule has 0 radical (unpaired) electrons. The van der Waals surface area contributed by atoms with E-state index >= 15 is 0 Å². The number of thiophene rings is 1. The van der Waals surface area contributed by atoms with Crippen molar-refractivity contribution in [3.05, 3.63) is 67.8 Å². The lowest BCUT2D eigenvalue weighted by molar-refractivity contribution is 0.0531. The van der Waals surface area contributed by atoms with Crippen molar-refractivity contribution in [2.75, 3.05) is 6.61 Å². The Balaban J connectivity index is 1.73. The minimum Gasteiger partial charge on any atom is -0.462 e. The molecule has 1 aromatic carbocycles. The Hall–Kier alpha value is -2.38. The van der Waals surface area contributed by atoms with Crippen molar-refractivity contribution < 1.29 is 9.53 Å². The molecule has 1 aliphatic carbocycles. The third-order valence-corrected chi connectivity index (χ3v) is 8.33. The predicted octanol–water partition coefficient (Wildman–Crippen LogP) is 6.43. The highest BCUT2D eigenvalue weighted by atomic mass is 32.2. The number of esters is 1. The van der Waals surface area contributed by atoms with Gasteiger partial charge in [0.1, 0.15) is 9.71 Å². The van der Waals surface area contributed by atoms with Crippen molar-refractivity contribution in [1.29, 1.82) is 0 Å². The van der Waals surface area contributed by atoms with Gasteiger partial charge < -0.3 is 4.74 Å². The summed E-state index contributed by atoms with van der Waals surface area (Å²) in [5.74, 6) is 0.355. The highest BCUT2D eigenvalue weighted by molar-refractivity contribution is 7.98. The van der Waals surface area contributed by atoms with Gasteiger partial charge in [-0.1, -0.05) is 47.7 Å². The van der Waals surface area contributed by atoms with Crippen molar-refractivity contribution in [3.8, 4) is 0 Å². The molecule has 0 atom stereocenters. The van der Waals surface area contributed by atoms with Crippen LogP contribution in [0.5, 0.6) is 0 Å². The van der Waals surface area contributed by atoms with E-state index in [1.54, 1.807) is 18.7 Å². The van der Waals surface area contributed by atoms with Gasteiger partial charge in [0, 0.05) is 12.3 Å². The number of fused-ring (bicyclic) bond motifs is 1. The molecule has 0 N–H and O–H groups in total. The fourth-order valence-electron chi connectivity index (χ4n) is 4.20. The molecule has 0 saturated carbocycles. The van der Waals surface area contributed by atoms with Gasteiger partial charge in [-0.25, -0.2) is 9.78 Å². The monoisotopic (exact) mass is 482 g/mol. The van der Waals surface area contributed by atoms with E-state index in [2.05, 4.69) is 25.1 Å². The fourth-order valence-corrected chi connectivity index (χ4v) is 6.42. The summed E-state index contributed by atoms with van der Waals surface area (Å²) in [6, 6.07) is 8.29. The quantitative estimate of drug-likeness (QED) is 0.160. The molecule has 2 aromatic heterocycles. The first-order valence-electron chi connectivity index (χ1n) is 11.6. The second kappa shape index (κ2) is 10.7. The number of carbonyl (C=O) groups is 1. The summed E-state index contributed by atoms with van der Waals surface area (Å²) < 4.78 is 7.02. The number of ether oxygens (including phenoxy) is 1. The van der Waals surface area contributed by atoms with Crippen LogP contribution in [-0.4, -0.2) is 22.1 Å². The molecule has 33 heavy (non-hydrogen) atoms. The standard InChI is InChI=1S/C26H30N2O3S2/c1-4-31-25(30)22-18(3)21-23(33-22)27-26(32-16-20-13-9-8-10-17(20)2)28(24(21)29)15-14-19-11-6-5-7-12-19/h8-11,13H,4-7,12,14-16H2,1-3H3. The number of nitrogens with zero attached hydrogens (tertiary/aromatic N) is 2. The van der Waals surface area contributed by atoms with Gasteiger partial charge in [0.05, 0.1) is 12.0 Å². The molecule has 0 amide bonds. The molecule has 0 spiro atoms. The zero-order chi connectivity index (χ0) is 23.4. The van der Waals surface area contributed by atoms with Gasteiger partial charge in [-0.3, -0.25) is 9.36 Å². The van der Waals surface area contributed by atoms with E-state index in [9.17, 15) is 9.59 Å². The summed E-state index contributed by atoms with van der Waals surface area (Å²) >= 11 is 2.84. The number of allylic oxidation sites excluding steroid dienone is 2. The molecule has 0 unspecified atom stereocenters. The summed E-state index contributed by atoms with van der Waals surface area (Å²) in [7, 11) is 0. The third-order valence-electron chi connectivity index (χ3n) is 6.14. The fraction of sp³-hybridized carbons (Fsp3) is 0.423. The van der Waals surface area contributed by atoms with Crippen molar-refractivity contribution in [1.82, 2.24) is 9.55 Å². The Morgan fingerprint density at radius 3 is 2.79 bits per heavy atom. The van der Waals surface area contributed by atoms with Gasteiger partial charge in [0.25, 0.3) is 5.56 Å². The molecule has 0 aliphatic heterocycles. The lowest BCUT2D eigenvalue weighted by Gasteiger charge is -2.16. The van der Waals surface area contributed by atoms with E-state index < -0.39 is 0 Å². The second-order valence-electron chi connectivity index (χ2n) is 8.38. The predicted molar refractivity (Wildman–Crippen MR) is 136 cm³/mol. The van der Waals surface area contributed by atoms with Crippen LogP contribution in [0.25, 0.3) is 10.2 Å². The van der Waals surface area contributed by atoms with Crippen molar-refractivity contribution in [2.45, 2.75) is 70.3 Å². The summed E-state index contributed by atoms with van der Waals surface area (Å²) in [5.41, 5.74) is 4.49. The van der Waals surface area contributed by atoms with Crippen molar-refractivity contribution >= 4 is 39.3 Å². The number of aromatic nitrogens is 2. The largest absolute Gasteiger partial charge is 0.462 e. The minimum atomic E-state index is -0.384. The summed E-state index contributed by atoms with van der Waals surface area (Å²) in [6.45, 7) is 6.61.